The van der Waals surface area contributed by atoms with Gasteiger partial charge in [0, 0.05) is 5.69 Å². The molecular formula is C20H24N4. The summed E-state index contributed by atoms with van der Waals surface area (Å²) in [6, 6.07) is 15.8. The summed E-state index contributed by atoms with van der Waals surface area (Å²) in [6.45, 7) is 4.16. The predicted octanol–water partition coefficient (Wildman–Crippen LogP) is 4.30. The van der Waals surface area contributed by atoms with Crippen LogP contribution in [0.2, 0.25) is 0 Å². The number of hydrogen-bond donors (Lipinski definition) is 3. The van der Waals surface area contributed by atoms with Crippen LogP contribution in [-0.4, -0.2) is 10.2 Å². The molecule has 0 aliphatic rings. The number of rotatable bonds is 3. The maximum Gasteiger partial charge on any atom is 0.0553 e. The van der Waals surface area contributed by atoms with E-state index in [0.717, 1.165) is 17.5 Å². The molecule has 1 aromatic heterocycles. The van der Waals surface area contributed by atoms with Crippen molar-refractivity contribution in [2.24, 2.45) is 0 Å². The topological polar surface area (TPSA) is 80.7 Å². The average Bonchev–Trinajstić information content (AvgIpc) is 3.02. The molecule has 0 saturated carbocycles. The third-order valence-electron chi connectivity index (χ3n) is 3.69. The van der Waals surface area contributed by atoms with Gasteiger partial charge in [-0.25, -0.2) is 0 Å². The lowest BCUT2D eigenvalue weighted by Crippen LogP contribution is -1.93. The molecule has 5 N–H and O–H groups in total. The van der Waals surface area contributed by atoms with Gasteiger partial charge in [0.1, 0.15) is 0 Å². The van der Waals surface area contributed by atoms with Crippen LogP contribution in [-0.2, 0) is 6.42 Å². The molecule has 0 amide bonds. The van der Waals surface area contributed by atoms with Gasteiger partial charge in [-0.15, -0.1) is 0 Å². The van der Waals surface area contributed by atoms with E-state index in [-0.39, 0.29) is 0 Å². The van der Waals surface area contributed by atoms with Crippen LogP contribution in [0.1, 0.15) is 29.3 Å². The van der Waals surface area contributed by atoms with Gasteiger partial charge in [0.2, 0.25) is 0 Å². The van der Waals surface area contributed by atoms with Crippen molar-refractivity contribution >= 4 is 23.5 Å². The Hall–Kier alpha value is -3.01. The first-order valence-corrected chi connectivity index (χ1v) is 7.97. The minimum Gasteiger partial charge on any atom is -0.397 e. The summed E-state index contributed by atoms with van der Waals surface area (Å²) in [4.78, 5) is 0. The van der Waals surface area contributed by atoms with Crippen LogP contribution >= 0.6 is 0 Å². The van der Waals surface area contributed by atoms with Gasteiger partial charge in [0.25, 0.3) is 0 Å². The third kappa shape index (κ3) is 5.02. The summed E-state index contributed by atoms with van der Waals surface area (Å²) in [5, 5.41) is 6.74. The van der Waals surface area contributed by atoms with Gasteiger partial charge in [-0.05, 0) is 42.2 Å². The van der Waals surface area contributed by atoms with E-state index in [1.165, 1.54) is 11.3 Å². The highest BCUT2D eigenvalue weighted by Crippen LogP contribution is 2.17. The van der Waals surface area contributed by atoms with Gasteiger partial charge in [-0.3, -0.25) is 5.10 Å². The third-order valence-corrected chi connectivity index (χ3v) is 3.69. The summed E-state index contributed by atoms with van der Waals surface area (Å²) >= 11 is 0. The molecule has 124 valence electrons. The maximum atomic E-state index is 5.73. The van der Waals surface area contributed by atoms with Crippen molar-refractivity contribution in [3.8, 4) is 0 Å². The predicted molar refractivity (Wildman–Crippen MR) is 103 cm³/mol. The van der Waals surface area contributed by atoms with Crippen molar-refractivity contribution in [3.63, 3.8) is 0 Å². The minimum absolute atomic E-state index is 0.621. The monoisotopic (exact) mass is 320 g/mol. The van der Waals surface area contributed by atoms with E-state index in [9.17, 15) is 0 Å². The van der Waals surface area contributed by atoms with E-state index in [2.05, 4.69) is 29.3 Å². The molecule has 3 aromatic rings. The lowest BCUT2D eigenvalue weighted by molar-refractivity contribution is 1.04. The SMILES string of the molecule is CCc1cn[nH]c1C.Nc1ccc(C=Cc2ccccc2)cc1N. The Labute approximate surface area is 143 Å². The molecule has 0 unspecified atom stereocenters. The number of H-pyrrole nitrogens is 1. The van der Waals surface area contributed by atoms with Gasteiger partial charge < -0.3 is 11.5 Å². The summed E-state index contributed by atoms with van der Waals surface area (Å²) in [6.07, 6.45) is 7.01. The Morgan fingerprint density at radius 3 is 2.21 bits per heavy atom. The lowest BCUT2D eigenvalue weighted by atomic mass is 10.1. The van der Waals surface area contributed by atoms with Crippen molar-refractivity contribution < 1.29 is 0 Å². The summed E-state index contributed by atoms with van der Waals surface area (Å²) < 4.78 is 0. The first kappa shape index (κ1) is 17.3. The fraction of sp³-hybridized carbons (Fsp3) is 0.150. The number of aromatic nitrogens is 2. The van der Waals surface area contributed by atoms with Crippen LogP contribution in [0, 0.1) is 6.92 Å². The number of nitrogens with two attached hydrogens (primary N) is 2. The van der Waals surface area contributed by atoms with E-state index in [1.807, 2.05) is 61.7 Å². The van der Waals surface area contributed by atoms with Crippen LogP contribution in [0.25, 0.3) is 12.2 Å². The van der Waals surface area contributed by atoms with Crippen LogP contribution in [0.15, 0.2) is 54.7 Å². The second kappa shape index (κ2) is 8.58. The molecule has 0 aliphatic carbocycles. The zero-order chi connectivity index (χ0) is 17.4. The van der Waals surface area contributed by atoms with Crippen molar-refractivity contribution in [2.75, 3.05) is 11.5 Å². The second-order valence-corrected chi connectivity index (χ2v) is 5.51. The molecule has 4 heteroatoms. The zero-order valence-corrected chi connectivity index (χ0v) is 14.2. The van der Waals surface area contributed by atoms with Crippen molar-refractivity contribution in [2.45, 2.75) is 20.3 Å². The highest BCUT2D eigenvalue weighted by atomic mass is 15.1. The largest absolute Gasteiger partial charge is 0.397 e. The fourth-order valence-electron chi connectivity index (χ4n) is 2.19. The van der Waals surface area contributed by atoms with Gasteiger partial charge in [0.05, 0.1) is 17.6 Å². The number of anilines is 2. The molecule has 24 heavy (non-hydrogen) atoms. The molecule has 2 aromatic carbocycles. The Bertz CT molecular complexity index is 788. The molecule has 4 nitrogen and oxygen atoms in total. The van der Waals surface area contributed by atoms with E-state index < -0.39 is 0 Å². The molecule has 0 fully saturated rings. The Kier molecular flexibility index (Phi) is 6.20. The number of aryl methyl sites for hydroxylation is 2. The highest BCUT2D eigenvalue weighted by Gasteiger charge is 1.94. The summed E-state index contributed by atoms with van der Waals surface area (Å²) in [7, 11) is 0. The summed E-state index contributed by atoms with van der Waals surface area (Å²) in [5.41, 5.74) is 17.3. The van der Waals surface area contributed by atoms with Crippen LogP contribution in [0.5, 0.6) is 0 Å². The smallest absolute Gasteiger partial charge is 0.0553 e. The van der Waals surface area contributed by atoms with Gasteiger partial charge in [-0.1, -0.05) is 55.5 Å². The number of aromatic amines is 1. The second-order valence-electron chi connectivity index (χ2n) is 5.51. The zero-order valence-electron chi connectivity index (χ0n) is 14.2. The first-order valence-electron chi connectivity index (χ1n) is 7.97. The Balaban J connectivity index is 0.000000219. The molecule has 0 saturated heterocycles. The lowest BCUT2D eigenvalue weighted by Gasteiger charge is -2.00. The standard InChI is InChI=1S/C14H14N2.C6H10N2/c15-13-9-8-12(10-14(13)16)7-6-11-4-2-1-3-5-11;1-3-6-4-7-8-5(6)2/h1-10H,15-16H2;4H,3H2,1-2H3,(H,7,8). The molecule has 0 spiro atoms. The van der Waals surface area contributed by atoms with E-state index in [0.29, 0.717) is 11.4 Å². The van der Waals surface area contributed by atoms with Gasteiger partial charge >= 0.3 is 0 Å². The summed E-state index contributed by atoms with van der Waals surface area (Å²) in [5.74, 6) is 0. The molecular weight excluding hydrogens is 296 g/mol. The quantitative estimate of drug-likeness (QED) is 0.497. The average molecular weight is 320 g/mol. The molecule has 3 rings (SSSR count). The van der Waals surface area contributed by atoms with Crippen LogP contribution < -0.4 is 11.5 Å². The number of nitrogens with one attached hydrogen (secondary N) is 1. The Morgan fingerprint density at radius 2 is 1.67 bits per heavy atom. The van der Waals surface area contributed by atoms with Crippen molar-refractivity contribution in [3.05, 3.63) is 77.1 Å². The number of nitrogen functional groups attached to an aromatic ring is 2. The van der Waals surface area contributed by atoms with Crippen molar-refractivity contribution in [1.29, 1.82) is 0 Å². The van der Waals surface area contributed by atoms with E-state index >= 15 is 0 Å². The normalized spacial score (nSPS) is 10.4. The molecule has 0 aliphatic heterocycles. The molecule has 0 bridgehead atoms. The fourth-order valence-corrected chi connectivity index (χ4v) is 2.19. The molecule has 0 radical (unpaired) electrons. The van der Waals surface area contributed by atoms with Crippen LogP contribution in [0.4, 0.5) is 11.4 Å². The van der Waals surface area contributed by atoms with Gasteiger partial charge in [0.15, 0.2) is 0 Å². The van der Waals surface area contributed by atoms with Crippen molar-refractivity contribution in [1.82, 2.24) is 10.2 Å². The number of nitrogens with zero attached hydrogens (tertiary/aromatic N) is 1. The highest BCUT2D eigenvalue weighted by molar-refractivity contribution is 5.74. The number of benzene rings is 2. The number of hydrogen-bond acceptors (Lipinski definition) is 3. The molecule has 1 heterocycles. The first-order chi connectivity index (χ1) is 11.6. The van der Waals surface area contributed by atoms with Crippen LogP contribution in [0.3, 0.4) is 0 Å². The van der Waals surface area contributed by atoms with E-state index in [1.54, 1.807) is 0 Å². The van der Waals surface area contributed by atoms with Gasteiger partial charge in [-0.2, -0.15) is 5.10 Å². The van der Waals surface area contributed by atoms with E-state index in [4.69, 9.17) is 11.5 Å². The maximum absolute atomic E-state index is 5.73. The minimum atomic E-state index is 0.621. The molecule has 0 atom stereocenters. The Morgan fingerprint density at radius 1 is 0.958 bits per heavy atom.